The minimum absolute atomic E-state index is 0.0759. The summed E-state index contributed by atoms with van der Waals surface area (Å²) in [5.41, 5.74) is 0.714. The second kappa shape index (κ2) is 6.16. The minimum atomic E-state index is -0.211. The molecule has 1 aromatic rings. The van der Waals surface area contributed by atoms with Crippen LogP contribution in [-0.4, -0.2) is 23.5 Å². The van der Waals surface area contributed by atoms with Crippen molar-refractivity contribution < 1.29 is 14.4 Å². The highest BCUT2D eigenvalue weighted by Crippen LogP contribution is 2.20. The van der Waals surface area contributed by atoms with E-state index in [1.54, 1.807) is 19.1 Å². The van der Waals surface area contributed by atoms with Gasteiger partial charge >= 0.3 is 6.09 Å². The molecular weight excluding hydrogens is 354 g/mol. The molecule has 0 radical (unpaired) electrons. The molecule has 0 N–H and O–H groups in total. The molecular formula is C11H11Br2NO3. The van der Waals surface area contributed by atoms with E-state index in [1.165, 1.54) is 5.06 Å². The average molecular weight is 365 g/mol. The number of Topliss-reactive ketones (excluding diaryl/α,β-unsaturated/α-hetero) is 1. The maximum atomic E-state index is 10.9. The minimum Gasteiger partial charge on any atom is -0.314 e. The lowest BCUT2D eigenvalue weighted by Crippen LogP contribution is -1.91. The van der Waals surface area contributed by atoms with Crippen LogP contribution in [0.2, 0.25) is 0 Å². The molecule has 0 saturated carbocycles. The third-order valence-electron chi connectivity index (χ3n) is 1.92. The van der Waals surface area contributed by atoms with Crippen molar-refractivity contribution in [1.29, 1.82) is 0 Å². The van der Waals surface area contributed by atoms with Crippen LogP contribution in [0.1, 0.15) is 24.2 Å². The molecule has 4 nitrogen and oxygen atoms in total. The highest BCUT2D eigenvalue weighted by atomic mass is 79.9. The van der Waals surface area contributed by atoms with Crippen LogP contribution in [-0.2, 0) is 4.84 Å². The Labute approximate surface area is 116 Å². The number of hydroxylamine groups is 2. The molecule has 0 aliphatic carbocycles. The summed E-state index contributed by atoms with van der Waals surface area (Å²) >= 11 is 6.60. The van der Waals surface area contributed by atoms with Crippen molar-refractivity contribution in [3.63, 3.8) is 0 Å². The fourth-order valence-electron chi connectivity index (χ4n) is 1.02. The summed E-state index contributed by atoms with van der Waals surface area (Å²) in [5, 5.41) is 1.28. The maximum Gasteiger partial charge on any atom is 0.468 e. The Balaban J connectivity index is 0.000000202. The van der Waals surface area contributed by atoms with Crippen LogP contribution in [0.3, 0.4) is 0 Å². The van der Waals surface area contributed by atoms with Crippen LogP contribution < -0.4 is 0 Å². The number of carbonyl (C=O) groups is 2. The van der Waals surface area contributed by atoms with E-state index in [1.807, 2.05) is 13.0 Å². The molecule has 6 heteroatoms. The lowest BCUT2D eigenvalue weighted by Gasteiger charge is -1.97. The first-order chi connectivity index (χ1) is 7.93. The maximum absolute atomic E-state index is 10.9. The third kappa shape index (κ3) is 4.87. The SMILES string of the molecule is CC(=O)c1cc(Br)cc(Br)c1.CCN1OC1=O. The van der Waals surface area contributed by atoms with E-state index in [2.05, 4.69) is 36.7 Å². The molecule has 1 amide bonds. The van der Waals surface area contributed by atoms with Gasteiger partial charge in [0.1, 0.15) is 0 Å². The highest BCUT2D eigenvalue weighted by molar-refractivity contribution is 9.11. The van der Waals surface area contributed by atoms with Crippen molar-refractivity contribution in [3.8, 4) is 0 Å². The molecule has 1 saturated heterocycles. The molecule has 0 spiro atoms. The van der Waals surface area contributed by atoms with Gasteiger partial charge in [-0.25, -0.2) is 4.79 Å². The number of hydrogen-bond acceptors (Lipinski definition) is 3. The third-order valence-corrected chi connectivity index (χ3v) is 2.83. The van der Waals surface area contributed by atoms with Crippen LogP contribution in [0.4, 0.5) is 4.79 Å². The molecule has 1 aromatic carbocycles. The Hall–Kier alpha value is -0.880. The smallest absolute Gasteiger partial charge is 0.314 e. The molecule has 2 rings (SSSR count). The van der Waals surface area contributed by atoms with E-state index < -0.39 is 0 Å². The number of rotatable bonds is 2. The van der Waals surface area contributed by atoms with E-state index >= 15 is 0 Å². The van der Waals surface area contributed by atoms with Gasteiger partial charge in [0.05, 0.1) is 6.54 Å². The van der Waals surface area contributed by atoms with E-state index in [4.69, 9.17) is 0 Å². The van der Waals surface area contributed by atoms with Gasteiger partial charge in [0.15, 0.2) is 5.78 Å². The summed E-state index contributed by atoms with van der Waals surface area (Å²) in [5.74, 6) is 0.0759. The van der Waals surface area contributed by atoms with Crippen LogP contribution in [0.25, 0.3) is 0 Å². The quantitative estimate of drug-likeness (QED) is 0.592. The standard InChI is InChI=1S/C8H6Br2O.C3H5NO2/c1-5(11)6-2-7(9)4-8(10)3-6;1-2-4-3(5)6-4/h2-4H,1H3;2H2,1H3. The van der Waals surface area contributed by atoms with Gasteiger partial charge in [-0.3, -0.25) is 4.79 Å². The monoisotopic (exact) mass is 363 g/mol. The summed E-state index contributed by atoms with van der Waals surface area (Å²) < 4.78 is 1.83. The molecule has 1 fully saturated rings. The van der Waals surface area contributed by atoms with Crippen molar-refractivity contribution >= 4 is 43.7 Å². The number of nitrogens with zero attached hydrogens (tertiary/aromatic N) is 1. The summed E-state index contributed by atoms with van der Waals surface area (Å²) in [6, 6.07) is 5.49. The number of carbonyl (C=O) groups excluding carboxylic acids is 2. The molecule has 1 heterocycles. The van der Waals surface area contributed by atoms with Crippen LogP contribution >= 0.6 is 31.9 Å². The first-order valence-electron chi connectivity index (χ1n) is 4.90. The highest BCUT2D eigenvalue weighted by Gasteiger charge is 2.31. The van der Waals surface area contributed by atoms with Gasteiger partial charge < -0.3 is 4.84 Å². The Morgan fingerprint density at radius 1 is 1.29 bits per heavy atom. The average Bonchev–Trinajstić information content (AvgIpc) is 2.94. The van der Waals surface area contributed by atoms with Crippen molar-refractivity contribution in [2.75, 3.05) is 6.54 Å². The fourth-order valence-corrected chi connectivity index (χ4v) is 2.32. The molecule has 0 bridgehead atoms. The number of hydrogen-bond donors (Lipinski definition) is 0. The second-order valence-corrected chi connectivity index (χ2v) is 5.10. The van der Waals surface area contributed by atoms with E-state index in [-0.39, 0.29) is 11.9 Å². The summed E-state index contributed by atoms with van der Waals surface area (Å²) in [6.07, 6.45) is -0.211. The molecule has 1 aliphatic rings. The molecule has 0 unspecified atom stereocenters. The summed E-state index contributed by atoms with van der Waals surface area (Å²) in [6.45, 7) is 4.07. The molecule has 17 heavy (non-hydrogen) atoms. The Morgan fingerprint density at radius 2 is 1.76 bits per heavy atom. The van der Waals surface area contributed by atoms with Gasteiger partial charge in [-0.1, -0.05) is 31.9 Å². The number of halogens is 2. The van der Waals surface area contributed by atoms with Gasteiger partial charge in [-0.05, 0) is 32.0 Å². The Bertz CT molecular complexity index is 428. The zero-order valence-electron chi connectivity index (χ0n) is 9.37. The van der Waals surface area contributed by atoms with E-state index in [0.29, 0.717) is 12.1 Å². The van der Waals surface area contributed by atoms with Gasteiger partial charge in [0, 0.05) is 14.5 Å². The lowest BCUT2D eigenvalue weighted by molar-refractivity contribution is 0.101. The first kappa shape index (κ1) is 14.2. The summed E-state index contributed by atoms with van der Waals surface area (Å²) in [7, 11) is 0. The Morgan fingerprint density at radius 3 is 2.00 bits per heavy atom. The predicted octanol–water partition coefficient (Wildman–Crippen LogP) is 3.79. The second-order valence-electron chi connectivity index (χ2n) is 3.27. The van der Waals surface area contributed by atoms with Crippen LogP contribution in [0, 0.1) is 0 Å². The van der Waals surface area contributed by atoms with Gasteiger partial charge in [-0.15, -0.1) is 5.06 Å². The van der Waals surface area contributed by atoms with Gasteiger partial charge in [0.2, 0.25) is 0 Å². The van der Waals surface area contributed by atoms with Crippen LogP contribution in [0.5, 0.6) is 0 Å². The van der Waals surface area contributed by atoms with Gasteiger partial charge in [0.25, 0.3) is 0 Å². The van der Waals surface area contributed by atoms with Crippen molar-refractivity contribution in [1.82, 2.24) is 5.06 Å². The largest absolute Gasteiger partial charge is 0.468 e. The zero-order valence-corrected chi connectivity index (χ0v) is 12.5. The number of ketones is 1. The normalized spacial score (nSPS) is 12.5. The molecule has 92 valence electrons. The van der Waals surface area contributed by atoms with Crippen molar-refractivity contribution in [2.24, 2.45) is 0 Å². The van der Waals surface area contributed by atoms with Crippen molar-refractivity contribution in [2.45, 2.75) is 13.8 Å². The van der Waals surface area contributed by atoms with Crippen molar-refractivity contribution in [3.05, 3.63) is 32.7 Å². The number of benzene rings is 1. The van der Waals surface area contributed by atoms with E-state index in [0.717, 1.165) is 8.95 Å². The lowest BCUT2D eigenvalue weighted by atomic mass is 10.2. The van der Waals surface area contributed by atoms with E-state index in [9.17, 15) is 9.59 Å². The number of amides is 1. The van der Waals surface area contributed by atoms with Gasteiger partial charge in [-0.2, -0.15) is 0 Å². The fraction of sp³-hybridized carbons (Fsp3) is 0.273. The zero-order chi connectivity index (χ0) is 13.0. The predicted molar refractivity (Wildman–Crippen MR) is 70.7 cm³/mol. The molecule has 0 aromatic heterocycles. The first-order valence-corrected chi connectivity index (χ1v) is 6.49. The van der Waals surface area contributed by atoms with Crippen LogP contribution in [0.15, 0.2) is 27.1 Å². The summed E-state index contributed by atoms with van der Waals surface area (Å²) in [4.78, 5) is 25.0. The topological polar surface area (TPSA) is 49.7 Å². The Kier molecular flexibility index (Phi) is 5.14. The molecule has 1 aliphatic heterocycles. The molecule has 0 atom stereocenters.